The molecule has 0 aliphatic heterocycles. The Morgan fingerprint density at radius 3 is 2.86 bits per heavy atom. The normalized spacial score (nSPS) is 10.7. The van der Waals surface area contributed by atoms with E-state index in [0.29, 0.717) is 21.7 Å². The van der Waals surface area contributed by atoms with Crippen molar-refractivity contribution in [2.45, 2.75) is 18.7 Å². The van der Waals surface area contributed by atoms with E-state index in [1.54, 1.807) is 24.3 Å². The molecule has 0 radical (unpaired) electrons. The third-order valence-corrected chi connectivity index (χ3v) is 5.07. The molecule has 0 saturated carbocycles. The summed E-state index contributed by atoms with van der Waals surface area (Å²) in [4.78, 5) is 12.1. The maximum atomic E-state index is 13.6. The van der Waals surface area contributed by atoms with Crippen molar-refractivity contribution in [1.29, 1.82) is 0 Å². The summed E-state index contributed by atoms with van der Waals surface area (Å²) in [5.74, 6) is 5.69. The highest BCUT2D eigenvalue weighted by Gasteiger charge is 2.14. The van der Waals surface area contributed by atoms with Gasteiger partial charge in [-0.2, -0.15) is 0 Å². The number of hydrogen-bond acceptors (Lipinski definition) is 6. The summed E-state index contributed by atoms with van der Waals surface area (Å²) < 4.78 is 20.2. The number of nitrogens with zero attached hydrogens (tertiary/aromatic N) is 3. The lowest BCUT2D eigenvalue weighted by Crippen LogP contribution is -2.18. The van der Waals surface area contributed by atoms with Gasteiger partial charge in [0.1, 0.15) is 6.61 Å². The monoisotopic (exact) mass is 421 g/mol. The SMILES string of the molecule is Cc1ccc(NC(=O)CSc2nnc(COc3ccccc3F)n2N)cc1Cl. The number of rotatable bonds is 7. The smallest absolute Gasteiger partial charge is 0.234 e. The average molecular weight is 422 g/mol. The molecule has 0 bridgehead atoms. The summed E-state index contributed by atoms with van der Waals surface area (Å²) >= 11 is 7.16. The first-order chi connectivity index (χ1) is 13.4. The molecular formula is C18H17ClFN5O2S. The number of nitrogen functional groups attached to an aromatic ring is 1. The topological polar surface area (TPSA) is 95.1 Å². The van der Waals surface area contributed by atoms with Crippen LogP contribution in [0.25, 0.3) is 0 Å². The van der Waals surface area contributed by atoms with E-state index in [4.69, 9.17) is 22.2 Å². The number of aryl methyl sites for hydroxylation is 1. The molecule has 28 heavy (non-hydrogen) atoms. The minimum absolute atomic E-state index is 0.0565. The third-order valence-electron chi connectivity index (χ3n) is 3.72. The number of nitrogens with one attached hydrogen (secondary N) is 1. The first-order valence-electron chi connectivity index (χ1n) is 8.19. The van der Waals surface area contributed by atoms with Gasteiger partial charge >= 0.3 is 0 Å². The number of ether oxygens (including phenoxy) is 1. The zero-order valence-corrected chi connectivity index (χ0v) is 16.4. The van der Waals surface area contributed by atoms with E-state index in [0.717, 1.165) is 17.3 Å². The van der Waals surface area contributed by atoms with E-state index in [1.807, 2.05) is 13.0 Å². The van der Waals surface area contributed by atoms with Crippen LogP contribution in [0.2, 0.25) is 5.02 Å². The standard InChI is InChI=1S/C18H17ClFN5O2S/c1-11-6-7-12(8-13(11)19)22-17(26)10-28-18-24-23-16(25(18)21)9-27-15-5-3-2-4-14(15)20/h2-8H,9-10,21H2,1H3,(H,22,26). The maximum Gasteiger partial charge on any atom is 0.234 e. The number of para-hydroxylation sites is 1. The molecule has 0 aliphatic rings. The number of hydrogen-bond donors (Lipinski definition) is 2. The highest BCUT2D eigenvalue weighted by molar-refractivity contribution is 7.99. The molecule has 7 nitrogen and oxygen atoms in total. The first kappa shape index (κ1) is 20.0. The van der Waals surface area contributed by atoms with Crippen LogP contribution < -0.4 is 15.9 Å². The summed E-state index contributed by atoms with van der Waals surface area (Å²) in [6.45, 7) is 1.82. The molecule has 0 atom stereocenters. The van der Waals surface area contributed by atoms with Crippen molar-refractivity contribution in [2.24, 2.45) is 0 Å². The van der Waals surface area contributed by atoms with E-state index >= 15 is 0 Å². The number of halogens is 2. The van der Waals surface area contributed by atoms with Crippen LogP contribution in [0.4, 0.5) is 10.1 Å². The molecule has 0 unspecified atom stereocenters. The van der Waals surface area contributed by atoms with Crippen molar-refractivity contribution in [1.82, 2.24) is 14.9 Å². The summed E-state index contributed by atoms with van der Waals surface area (Å²) in [5.41, 5.74) is 1.53. The predicted molar refractivity (Wildman–Crippen MR) is 106 cm³/mol. The number of amides is 1. The molecule has 3 rings (SSSR count). The molecule has 0 spiro atoms. The van der Waals surface area contributed by atoms with Crippen molar-refractivity contribution >= 4 is 35.0 Å². The minimum atomic E-state index is -0.479. The van der Waals surface area contributed by atoms with Gasteiger partial charge in [-0.3, -0.25) is 4.79 Å². The van der Waals surface area contributed by atoms with Crippen molar-refractivity contribution in [3.8, 4) is 5.75 Å². The summed E-state index contributed by atoms with van der Waals surface area (Å²) in [7, 11) is 0. The highest BCUT2D eigenvalue weighted by Crippen LogP contribution is 2.21. The molecule has 10 heteroatoms. The van der Waals surface area contributed by atoms with E-state index in [9.17, 15) is 9.18 Å². The summed E-state index contributed by atoms with van der Waals surface area (Å²) in [6, 6.07) is 11.3. The van der Waals surface area contributed by atoms with E-state index in [1.165, 1.54) is 16.8 Å². The average Bonchev–Trinajstić information content (AvgIpc) is 3.02. The van der Waals surface area contributed by atoms with Crippen LogP contribution in [0.5, 0.6) is 5.75 Å². The maximum absolute atomic E-state index is 13.6. The van der Waals surface area contributed by atoms with Crippen molar-refractivity contribution < 1.29 is 13.9 Å². The van der Waals surface area contributed by atoms with Crippen molar-refractivity contribution in [3.05, 3.63) is 64.7 Å². The quantitative estimate of drug-likeness (QED) is 0.448. The molecule has 1 heterocycles. The van der Waals surface area contributed by atoms with Crippen LogP contribution in [0.15, 0.2) is 47.6 Å². The number of nitrogens with two attached hydrogens (primary N) is 1. The van der Waals surface area contributed by atoms with Gasteiger partial charge in [-0.15, -0.1) is 10.2 Å². The predicted octanol–water partition coefficient (Wildman–Crippen LogP) is 3.40. The first-order valence-corrected chi connectivity index (χ1v) is 9.56. The lowest BCUT2D eigenvalue weighted by molar-refractivity contribution is -0.113. The number of carbonyl (C=O) groups is 1. The Balaban J connectivity index is 1.54. The van der Waals surface area contributed by atoms with Crippen LogP contribution in [0.3, 0.4) is 0 Å². The second kappa shape index (κ2) is 8.94. The molecular weight excluding hydrogens is 405 g/mol. The van der Waals surface area contributed by atoms with Gasteiger partial charge in [0.05, 0.1) is 5.75 Å². The molecule has 2 aromatic carbocycles. The molecule has 1 aromatic heterocycles. The van der Waals surface area contributed by atoms with E-state index < -0.39 is 5.82 Å². The van der Waals surface area contributed by atoms with Crippen LogP contribution in [0.1, 0.15) is 11.4 Å². The fourth-order valence-corrected chi connectivity index (χ4v) is 3.06. The Morgan fingerprint density at radius 1 is 1.32 bits per heavy atom. The molecule has 3 N–H and O–H groups in total. The van der Waals surface area contributed by atoms with Gasteiger partial charge in [0, 0.05) is 10.7 Å². The van der Waals surface area contributed by atoms with Gasteiger partial charge in [-0.1, -0.05) is 41.6 Å². The summed E-state index contributed by atoms with van der Waals surface area (Å²) in [5, 5.41) is 11.5. The van der Waals surface area contributed by atoms with E-state index in [-0.39, 0.29) is 24.0 Å². The van der Waals surface area contributed by atoms with Crippen molar-refractivity contribution in [3.63, 3.8) is 0 Å². The van der Waals surface area contributed by atoms with Crippen LogP contribution in [-0.2, 0) is 11.4 Å². The van der Waals surface area contributed by atoms with Gasteiger partial charge in [-0.25, -0.2) is 9.07 Å². The number of benzene rings is 2. The summed E-state index contributed by atoms with van der Waals surface area (Å²) in [6.07, 6.45) is 0. The zero-order chi connectivity index (χ0) is 20.1. The third kappa shape index (κ3) is 4.93. The minimum Gasteiger partial charge on any atom is -0.482 e. The Morgan fingerprint density at radius 2 is 2.11 bits per heavy atom. The Bertz CT molecular complexity index is 998. The Hall–Kier alpha value is -2.78. The lowest BCUT2D eigenvalue weighted by atomic mass is 10.2. The van der Waals surface area contributed by atoms with Gasteiger partial charge < -0.3 is 15.9 Å². The van der Waals surface area contributed by atoms with Gasteiger partial charge in [0.2, 0.25) is 11.1 Å². The van der Waals surface area contributed by atoms with Crippen molar-refractivity contribution in [2.75, 3.05) is 16.9 Å². The van der Waals surface area contributed by atoms with Gasteiger partial charge in [-0.05, 0) is 36.8 Å². The number of thioether (sulfide) groups is 1. The lowest BCUT2D eigenvalue weighted by Gasteiger charge is -2.08. The second-order valence-electron chi connectivity index (χ2n) is 5.79. The molecule has 0 saturated heterocycles. The molecule has 0 fully saturated rings. The fraction of sp³-hybridized carbons (Fsp3) is 0.167. The molecule has 146 valence electrons. The Kier molecular flexibility index (Phi) is 6.37. The molecule has 1 amide bonds. The number of aromatic nitrogens is 3. The van der Waals surface area contributed by atoms with Gasteiger partial charge in [0.25, 0.3) is 0 Å². The largest absolute Gasteiger partial charge is 0.482 e. The number of carbonyl (C=O) groups excluding carboxylic acids is 1. The van der Waals surface area contributed by atoms with E-state index in [2.05, 4.69) is 15.5 Å². The van der Waals surface area contributed by atoms with Crippen LogP contribution in [0, 0.1) is 12.7 Å². The molecule has 3 aromatic rings. The zero-order valence-electron chi connectivity index (χ0n) is 14.9. The van der Waals surface area contributed by atoms with Crippen LogP contribution >= 0.6 is 23.4 Å². The second-order valence-corrected chi connectivity index (χ2v) is 7.14. The van der Waals surface area contributed by atoms with Crippen LogP contribution in [-0.4, -0.2) is 26.5 Å². The molecule has 0 aliphatic carbocycles. The fourth-order valence-electron chi connectivity index (χ4n) is 2.21. The highest BCUT2D eigenvalue weighted by atomic mass is 35.5. The van der Waals surface area contributed by atoms with Gasteiger partial charge in [0.15, 0.2) is 17.4 Å². The number of anilines is 1. The Labute approximate surface area is 170 Å².